The van der Waals surface area contributed by atoms with Gasteiger partial charge in [-0.25, -0.2) is 4.79 Å². The van der Waals surface area contributed by atoms with E-state index < -0.39 is 29.7 Å². The molecule has 20 heavy (non-hydrogen) atoms. The fourth-order valence-corrected chi connectivity index (χ4v) is 2.74. The number of aliphatic hydroxyl groups is 1. The molecular weight excluding hydrogens is 284 g/mol. The largest absolute Gasteiger partial charge is 0.390 e. The molecule has 2 N–H and O–H groups in total. The van der Waals surface area contributed by atoms with E-state index in [1.807, 2.05) is 0 Å². The molecule has 110 valence electrons. The Balaban J connectivity index is 2.16. The predicted octanol–water partition coefficient (Wildman–Crippen LogP) is -0.227. The van der Waals surface area contributed by atoms with Gasteiger partial charge < -0.3 is 9.84 Å². The first-order valence-corrected chi connectivity index (χ1v) is 7.16. The van der Waals surface area contributed by atoms with E-state index in [1.54, 1.807) is 6.92 Å². The van der Waals surface area contributed by atoms with Crippen molar-refractivity contribution in [3.05, 3.63) is 32.6 Å². The van der Waals surface area contributed by atoms with E-state index >= 15 is 0 Å². The highest BCUT2D eigenvalue weighted by atomic mass is 32.2. The van der Waals surface area contributed by atoms with Crippen LogP contribution in [0.25, 0.3) is 0 Å². The van der Waals surface area contributed by atoms with Crippen LogP contribution in [0.15, 0.2) is 15.8 Å². The van der Waals surface area contributed by atoms with Gasteiger partial charge in [-0.1, -0.05) is 11.8 Å². The van der Waals surface area contributed by atoms with Gasteiger partial charge in [-0.3, -0.25) is 19.1 Å². The van der Waals surface area contributed by atoms with E-state index in [0.717, 1.165) is 11.8 Å². The number of nitrogens with zero attached hydrogens (tertiary/aromatic N) is 1. The van der Waals surface area contributed by atoms with Crippen LogP contribution in [0.5, 0.6) is 0 Å². The molecule has 1 aliphatic rings. The highest BCUT2D eigenvalue weighted by Crippen LogP contribution is 2.29. The number of thioether (sulfide) groups is 1. The summed E-state index contributed by atoms with van der Waals surface area (Å²) in [5.74, 6) is 0.337. The predicted molar refractivity (Wildman–Crippen MR) is 73.7 cm³/mol. The van der Waals surface area contributed by atoms with Crippen molar-refractivity contribution in [2.75, 3.05) is 5.75 Å². The first kappa shape index (κ1) is 15.0. The Kier molecular flexibility index (Phi) is 4.46. The molecule has 1 aromatic heterocycles. The third kappa shape index (κ3) is 3.20. The number of ether oxygens (including phenoxy) is 1. The summed E-state index contributed by atoms with van der Waals surface area (Å²) in [6.07, 6.45) is -0.224. The second-order valence-corrected chi connectivity index (χ2v) is 5.91. The average Bonchev–Trinajstić information content (AvgIpc) is 2.72. The van der Waals surface area contributed by atoms with Crippen molar-refractivity contribution >= 4 is 16.9 Å². The molecule has 3 atom stereocenters. The molecule has 1 unspecified atom stereocenters. The number of aromatic nitrogens is 2. The van der Waals surface area contributed by atoms with Crippen molar-refractivity contribution in [3.63, 3.8) is 0 Å². The number of rotatable bonds is 3. The van der Waals surface area contributed by atoms with Gasteiger partial charge >= 0.3 is 5.69 Å². The minimum Gasteiger partial charge on any atom is -0.390 e. The van der Waals surface area contributed by atoms with Crippen LogP contribution in [0.2, 0.25) is 0 Å². The van der Waals surface area contributed by atoms with Crippen molar-refractivity contribution in [2.24, 2.45) is 0 Å². The summed E-state index contributed by atoms with van der Waals surface area (Å²) in [7, 11) is 0. The lowest BCUT2D eigenvalue weighted by Crippen LogP contribution is -2.33. The zero-order valence-corrected chi connectivity index (χ0v) is 12.0. The van der Waals surface area contributed by atoms with Crippen LogP contribution in [-0.2, 0) is 9.53 Å². The van der Waals surface area contributed by atoms with Crippen LogP contribution in [0.1, 0.15) is 25.1 Å². The number of H-pyrrole nitrogens is 1. The second kappa shape index (κ2) is 5.94. The second-order valence-electron chi connectivity index (χ2n) is 4.71. The van der Waals surface area contributed by atoms with Gasteiger partial charge in [0.1, 0.15) is 6.23 Å². The molecule has 0 aromatic carbocycles. The maximum atomic E-state index is 11.7. The smallest absolute Gasteiger partial charge is 0.330 e. The fraction of sp³-hybridized carbons (Fsp3) is 0.583. The summed E-state index contributed by atoms with van der Waals surface area (Å²) in [6, 6.07) is 0. The van der Waals surface area contributed by atoms with Crippen LogP contribution < -0.4 is 11.2 Å². The third-order valence-electron chi connectivity index (χ3n) is 3.11. The molecule has 0 radical (unpaired) electrons. The monoisotopic (exact) mass is 300 g/mol. The summed E-state index contributed by atoms with van der Waals surface area (Å²) in [4.78, 5) is 36.2. The molecular formula is C12H16N2O5S. The molecule has 1 saturated heterocycles. The SMILES string of the molecule is CC(=O)SC[C@H]1O[C@@H](n2cc(C)c(=O)[nH]c2=O)CC1O. The van der Waals surface area contributed by atoms with Crippen LogP contribution >= 0.6 is 11.8 Å². The maximum absolute atomic E-state index is 11.7. The fourth-order valence-electron chi connectivity index (χ4n) is 2.04. The normalized spacial score (nSPS) is 25.9. The summed E-state index contributed by atoms with van der Waals surface area (Å²) in [6.45, 7) is 3.03. The molecule has 2 heterocycles. The van der Waals surface area contributed by atoms with E-state index in [9.17, 15) is 19.5 Å². The third-order valence-corrected chi connectivity index (χ3v) is 4.01. The average molecular weight is 300 g/mol. The summed E-state index contributed by atoms with van der Waals surface area (Å²) in [5.41, 5.74) is -0.615. The minimum absolute atomic E-state index is 0.0543. The Labute approximate surface area is 119 Å². The van der Waals surface area contributed by atoms with E-state index in [1.165, 1.54) is 17.7 Å². The number of nitrogens with one attached hydrogen (secondary N) is 1. The van der Waals surface area contributed by atoms with Crippen molar-refractivity contribution < 1.29 is 14.6 Å². The topological polar surface area (TPSA) is 101 Å². The first-order chi connectivity index (χ1) is 9.38. The van der Waals surface area contributed by atoms with E-state index in [4.69, 9.17) is 4.74 Å². The molecule has 8 heteroatoms. The van der Waals surface area contributed by atoms with Gasteiger partial charge in [0.15, 0.2) is 5.12 Å². The zero-order chi connectivity index (χ0) is 14.9. The molecule has 0 saturated carbocycles. The van der Waals surface area contributed by atoms with Gasteiger partial charge in [-0.05, 0) is 6.92 Å². The van der Waals surface area contributed by atoms with Crippen LogP contribution in [-0.4, -0.2) is 37.7 Å². The lowest BCUT2D eigenvalue weighted by Gasteiger charge is -2.15. The van der Waals surface area contributed by atoms with Crippen LogP contribution in [0.4, 0.5) is 0 Å². The Bertz CT molecular complexity index is 623. The van der Waals surface area contributed by atoms with E-state index in [-0.39, 0.29) is 11.5 Å². The van der Waals surface area contributed by atoms with E-state index in [0.29, 0.717) is 11.3 Å². The molecule has 1 aliphatic heterocycles. The quantitative estimate of drug-likeness (QED) is 0.800. The van der Waals surface area contributed by atoms with Crippen molar-refractivity contribution in [1.29, 1.82) is 0 Å². The number of carbonyl (C=O) groups excluding carboxylic acids is 1. The number of aryl methyl sites for hydroxylation is 1. The molecule has 1 fully saturated rings. The Morgan fingerprint density at radius 2 is 2.30 bits per heavy atom. The lowest BCUT2D eigenvalue weighted by atomic mass is 10.2. The lowest BCUT2D eigenvalue weighted by molar-refractivity contribution is -0.109. The van der Waals surface area contributed by atoms with E-state index in [2.05, 4.69) is 4.98 Å². The van der Waals surface area contributed by atoms with Crippen molar-refractivity contribution in [1.82, 2.24) is 9.55 Å². The number of hydrogen-bond acceptors (Lipinski definition) is 6. The zero-order valence-electron chi connectivity index (χ0n) is 11.2. The molecule has 0 aliphatic carbocycles. The number of aliphatic hydroxyl groups excluding tert-OH is 1. The van der Waals surface area contributed by atoms with Crippen molar-refractivity contribution in [2.45, 2.75) is 38.7 Å². The highest BCUT2D eigenvalue weighted by Gasteiger charge is 2.35. The number of hydrogen-bond donors (Lipinski definition) is 2. The highest BCUT2D eigenvalue weighted by molar-refractivity contribution is 8.13. The minimum atomic E-state index is -0.744. The van der Waals surface area contributed by atoms with Crippen LogP contribution in [0.3, 0.4) is 0 Å². The number of aromatic amines is 1. The summed E-state index contributed by atoms with van der Waals surface area (Å²) < 4.78 is 6.87. The first-order valence-electron chi connectivity index (χ1n) is 6.17. The van der Waals surface area contributed by atoms with Gasteiger partial charge in [0.2, 0.25) is 0 Å². The summed E-state index contributed by atoms with van der Waals surface area (Å²) >= 11 is 1.07. The molecule has 0 amide bonds. The molecule has 0 bridgehead atoms. The Hall–Kier alpha value is -1.38. The molecule has 7 nitrogen and oxygen atoms in total. The number of carbonyl (C=O) groups is 1. The van der Waals surface area contributed by atoms with Crippen molar-refractivity contribution in [3.8, 4) is 0 Å². The van der Waals surface area contributed by atoms with Gasteiger partial charge in [-0.2, -0.15) is 0 Å². The Morgan fingerprint density at radius 1 is 1.60 bits per heavy atom. The molecule has 2 rings (SSSR count). The van der Waals surface area contributed by atoms with Gasteiger partial charge in [0.25, 0.3) is 5.56 Å². The van der Waals surface area contributed by atoms with Gasteiger partial charge in [0.05, 0.1) is 12.2 Å². The van der Waals surface area contributed by atoms with Gasteiger partial charge in [0, 0.05) is 30.9 Å². The molecule has 1 aromatic rings. The van der Waals surface area contributed by atoms with Crippen LogP contribution in [0, 0.1) is 6.92 Å². The van der Waals surface area contributed by atoms with Gasteiger partial charge in [-0.15, -0.1) is 0 Å². The standard InChI is InChI=1S/C12H16N2O5S/c1-6-4-14(12(18)13-11(6)17)10-3-8(16)9(19-10)5-20-7(2)15/h4,8-10,16H,3,5H2,1-2H3,(H,13,17,18)/t8?,9-,10-/m1/s1. The molecule has 0 spiro atoms. The Morgan fingerprint density at radius 3 is 2.95 bits per heavy atom. The maximum Gasteiger partial charge on any atom is 0.330 e. The summed E-state index contributed by atoms with van der Waals surface area (Å²) in [5, 5.41) is 9.86.